The van der Waals surface area contributed by atoms with E-state index in [1.165, 1.54) is 0 Å². The minimum atomic E-state index is -1.39. The summed E-state index contributed by atoms with van der Waals surface area (Å²) in [5.41, 5.74) is 0.862. The maximum atomic E-state index is 11.8. The maximum Gasteiger partial charge on any atom is 0.311 e. The summed E-state index contributed by atoms with van der Waals surface area (Å²) in [5, 5.41) is 8.85. The van der Waals surface area contributed by atoms with Gasteiger partial charge in [0.2, 0.25) is 0 Å². The number of ether oxygens (including phenoxy) is 3. The summed E-state index contributed by atoms with van der Waals surface area (Å²) in [5.74, 6) is -3.01. The van der Waals surface area contributed by atoms with E-state index in [1.807, 2.05) is 30.3 Å². The molecule has 2 rings (SSSR count). The normalized spacial score (nSPS) is 16.8. The average Bonchev–Trinajstić information content (AvgIpc) is 2.85. The molecule has 108 valence electrons. The molecular weight excluding hydrogens is 264 g/mol. The zero-order valence-corrected chi connectivity index (χ0v) is 10.9. The fourth-order valence-corrected chi connectivity index (χ4v) is 2.00. The van der Waals surface area contributed by atoms with Gasteiger partial charge < -0.3 is 19.3 Å². The Morgan fingerprint density at radius 1 is 1.15 bits per heavy atom. The minimum Gasteiger partial charge on any atom is -0.481 e. The van der Waals surface area contributed by atoms with Crippen molar-refractivity contribution in [2.75, 3.05) is 13.2 Å². The zero-order valence-electron chi connectivity index (χ0n) is 10.9. The summed E-state index contributed by atoms with van der Waals surface area (Å²) in [6.07, 6.45) is -0.612. The third-order valence-electron chi connectivity index (χ3n) is 2.89. The highest BCUT2D eigenvalue weighted by Crippen LogP contribution is 2.28. The van der Waals surface area contributed by atoms with E-state index >= 15 is 0 Å². The molecule has 1 heterocycles. The second kappa shape index (κ2) is 6.49. The fraction of sp³-hybridized carbons (Fsp3) is 0.429. The van der Waals surface area contributed by atoms with Crippen LogP contribution in [-0.4, -0.2) is 36.0 Å². The number of hydrogen-bond donors (Lipinski definition) is 1. The van der Waals surface area contributed by atoms with Crippen molar-refractivity contribution in [3.8, 4) is 0 Å². The van der Waals surface area contributed by atoms with Crippen LogP contribution in [0, 0.1) is 0 Å². The van der Waals surface area contributed by atoms with Gasteiger partial charge in [0.1, 0.15) is 13.0 Å². The molecule has 0 spiro atoms. The highest BCUT2D eigenvalue weighted by molar-refractivity contribution is 5.73. The number of carbonyl (C=O) groups excluding carboxylic acids is 1. The van der Waals surface area contributed by atoms with Crippen LogP contribution >= 0.6 is 0 Å². The van der Waals surface area contributed by atoms with Gasteiger partial charge in [0.05, 0.1) is 19.6 Å². The maximum absolute atomic E-state index is 11.8. The first kappa shape index (κ1) is 14.5. The lowest BCUT2D eigenvalue weighted by atomic mass is 10.1. The van der Waals surface area contributed by atoms with Crippen molar-refractivity contribution in [3.63, 3.8) is 0 Å². The summed E-state index contributed by atoms with van der Waals surface area (Å²) in [6, 6.07) is 9.23. The molecule has 1 aliphatic rings. The predicted molar refractivity (Wildman–Crippen MR) is 67.7 cm³/mol. The molecule has 0 atom stereocenters. The number of carboxylic acid groups (broad SMARTS) is 1. The topological polar surface area (TPSA) is 82.1 Å². The molecule has 1 aromatic carbocycles. The van der Waals surface area contributed by atoms with Gasteiger partial charge in [-0.05, 0) is 5.56 Å². The van der Waals surface area contributed by atoms with Crippen LogP contribution in [0.3, 0.4) is 0 Å². The molecule has 6 heteroatoms. The van der Waals surface area contributed by atoms with Crippen molar-refractivity contribution in [1.29, 1.82) is 0 Å². The van der Waals surface area contributed by atoms with Crippen molar-refractivity contribution >= 4 is 11.9 Å². The SMILES string of the molecule is O=C(O)CC1(CC(=O)OCc2ccccc2)OCCO1. The van der Waals surface area contributed by atoms with E-state index in [0.717, 1.165) is 5.56 Å². The lowest BCUT2D eigenvalue weighted by Gasteiger charge is -2.24. The Hall–Kier alpha value is -1.92. The highest BCUT2D eigenvalue weighted by Gasteiger charge is 2.41. The van der Waals surface area contributed by atoms with Crippen LogP contribution in [0.2, 0.25) is 0 Å². The first-order chi connectivity index (χ1) is 9.60. The van der Waals surface area contributed by atoms with Gasteiger partial charge >= 0.3 is 11.9 Å². The van der Waals surface area contributed by atoms with E-state index in [0.29, 0.717) is 0 Å². The predicted octanol–water partition coefficient (Wildman–Crippen LogP) is 1.34. The molecule has 0 saturated carbocycles. The van der Waals surface area contributed by atoms with E-state index in [9.17, 15) is 9.59 Å². The van der Waals surface area contributed by atoms with Crippen LogP contribution in [0.4, 0.5) is 0 Å². The molecule has 6 nitrogen and oxygen atoms in total. The van der Waals surface area contributed by atoms with E-state index in [2.05, 4.69) is 0 Å². The molecular formula is C14H16O6. The smallest absolute Gasteiger partial charge is 0.311 e. The first-order valence-electron chi connectivity index (χ1n) is 6.29. The number of esters is 1. The van der Waals surface area contributed by atoms with Crippen LogP contribution in [0.1, 0.15) is 18.4 Å². The van der Waals surface area contributed by atoms with Gasteiger partial charge in [0.15, 0.2) is 5.79 Å². The molecule has 1 saturated heterocycles. The molecule has 1 aliphatic heterocycles. The molecule has 1 N–H and O–H groups in total. The molecule has 1 aromatic rings. The number of carboxylic acids is 1. The van der Waals surface area contributed by atoms with Gasteiger partial charge in [-0.3, -0.25) is 9.59 Å². The third-order valence-corrected chi connectivity index (χ3v) is 2.89. The van der Waals surface area contributed by atoms with Crippen LogP contribution in [0.15, 0.2) is 30.3 Å². The van der Waals surface area contributed by atoms with E-state index in [-0.39, 0.29) is 32.7 Å². The Morgan fingerprint density at radius 2 is 1.80 bits per heavy atom. The minimum absolute atomic E-state index is 0.142. The van der Waals surface area contributed by atoms with Gasteiger partial charge in [-0.1, -0.05) is 30.3 Å². The Morgan fingerprint density at radius 3 is 2.40 bits per heavy atom. The van der Waals surface area contributed by atoms with Crippen molar-refractivity contribution in [1.82, 2.24) is 0 Å². The molecule has 0 aromatic heterocycles. The van der Waals surface area contributed by atoms with E-state index < -0.39 is 17.7 Å². The lowest BCUT2D eigenvalue weighted by molar-refractivity contribution is -0.192. The number of benzene rings is 1. The van der Waals surface area contributed by atoms with Gasteiger partial charge in [-0.25, -0.2) is 0 Å². The van der Waals surface area contributed by atoms with Crippen LogP contribution in [0.25, 0.3) is 0 Å². The van der Waals surface area contributed by atoms with Gasteiger partial charge in [-0.15, -0.1) is 0 Å². The lowest BCUT2D eigenvalue weighted by Crippen LogP contribution is -2.36. The zero-order chi connectivity index (χ0) is 14.4. The summed E-state index contributed by atoms with van der Waals surface area (Å²) < 4.78 is 15.6. The van der Waals surface area contributed by atoms with Crippen LogP contribution in [-0.2, 0) is 30.4 Å². The van der Waals surface area contributed by atoms with Crippen LogP contribution < -0.4 is 0 Å². The third kappa shape index (κ3) is 4.04. The van der Waals surface area contributed by atoms with Gasteiger partial charge in [0, 0.05) is 0 Å². The van der Waals surface area contributed by atoms with Crippen molar-refractivity contribution < 1.29 is 28.9 Å². The Bertz CT molecular complexity index is 464. The molecule has 0 radical (unpaired) electrons. The molecule has 20 heavy (non-hydrogen) atoms. The summed E-state index contributed by atoms with van der Waals surface area (Å²) in [4.78, 5) is 22.6. The molecule has 0 amide bonds. The summed E-state index contributed by atoms with van der Waals surface area (Å²) >= 11 is 0. The van der Waals surface area contributed by atoms with Crippen molar-refractivity contribution in [2.45, 2.75) is 25.2 Å². The Labute approximate surface area is 116 Å². The standard InChI is InChI=1S/C14H16O6/c15-12(16)8-14(19-6-7-20-14)9-13(17)18-10-11-4-2-1-3-5-11/h1-5H,6-10H2,(H,15,16). The molecule has 0 unspecified atom stereocenters. The second-order valence-corrected chi connectivity index (χ2v) is 4.50. The fourth-order valence-electron chi connectivity index (χ4n) is 2.00. The summed E-state index contributed by atoms with van der Waals surface area (Å²) in [7, 11) is 0. The monoisotopic (exact) mass is 280 g/mol. The Kier molecular flexibility index (Phi) is 4.70. The Balaban J connectivity index is 1.87. The van der Waals surface area contributed by atoms with Crippen molar-refractivity contribution in [3.05, 3.63) is 35.9 Å². The van der Waals surface area contributed by atoms with Crippen LogP contribution in [0.5, 0.6) is 0 Å². The number of aliphatic carboxylic acids is 1. The van der Waals surface area contributed by atoms with E-state index in [4.69, 9.17) is 19.3 Å². The first-order valence-corrected chi connectivity index (χ1v) is 6.29. The molecule has 0 bridgehead atoms. The highest BCUT2D eigenvalue weighted by atomic mass is 16.7. The second-order valence-electron chi connectivity index (χ2n) is 4.50. The average molecular weight is 280 g/mol. The molecule has 0 aliphatic carbocycles. The number of hydrogen-bond acceptors (Lipinski definition) is 5. The molecule has 1 fully saturated rings. The number of rotatable bonds is 6. The largest absolute Gasteiger partial charge is 0.481 e. The van der Waals surface area contributed by atoms with Gasteiger partial charge in [-0.2, -0.15) is 0 Å². The number of carbonyl (C=O) groups is 2. The summed E-state index contributed by atoms with van der Waals surface area (Å²) in [6.45, 7) is 0.696. The van der Waals surface area contributed by atoms with Gasteiger partial charge in [0.25, 0.3) is 0 Å². The van der Waals surface area contributed by atoms with E-state index in [1.54, 1.807) is 0 Å². The quantitative estimate of drug-likeness (QED) is 0.792. The van der Waals surface area contributed by atoms with Crippen molar-refractivity contribution in [2.24, 2.45) is 0 Å².